The van der Waals surface area contributed by atoms with Crippen LogP contribution in [-0.4, -0.2) is 32.1 Å². The van der Waals surface area contributed by atoms with Gasteiger partial charge in [-0.3, -0.25) is 14.9 Å². The topological polar surface area (TPSA) is 104 Å². The summed E-state index contributed by atoms with van der Waals surface area (Å²) < 4.78 is 26.9. The number of nitrogens with one attached hydrogen (secondary N) is 1. The fourth-order valence-electron chi connectivity index (χ4n) is 3.05. The summed E-state index contributed by atoms with van der Waals surface area (Å²) in [6.45, 7) is 1.68. The van der Waals surface area contributed by atoms with Crippen LogP contribution in [0.3, 0.4) is 0 Å². The number of aryl methyl sites for hydroxylation is 2. The van der Waals surface area contributed by atoms with Gasteiger partial charge in [0.2, 0.25) is 5.91 Å². The number of imidazole rings is 1. The minimum atomic E-state index is -0.597. The number of rotatable bonds is 4. The van der Waals surface area contributed by atoms with Crippen molar-refractivity contribution in [1.82, 2.24) is 19.1 Å². The van der Waals surface area contributed by atoms with Gasteiger partial charge in [-0.1, -0.05) is 0 Å². The number of carbonyl (C=O) groups is 1. The van der Waals surface area contributed by atoms with Crippen LogP contribution in [-0.2, 0) is 18.4 Å². The van der Waals surface area contributed by atoms with Gasteiger partial charge in [0.1, 0.15) is 17.6 Å². The third-order valence-corrected chi connectivity index (χ3v) is 4.34. The van der Waals surface area contributed by atoms with Crippen LogP contribution in [0.25, 0.3) is 22.1 Å². The van der Waals surface area contributed by atoms with E-state index in [1.807, 2.05) is 6.92 Å². The molecular weight excluding hydrogens is 369 g/mol. The molecule has 28 heavy (non-hydrogen) atoms. The minimum absolute atomic E-state index is 0.0229. The van der Waals surface area contributed by atoms with Crippen LogP contribution in [0.4, 0.5) is 10.4 Å². The van der Waals surface area contributed by atoms with Crippen molar-refractivity contribution in [3.05, 3.63) is 46.4 Å². The highest BCUT2D eigenvalue weighted by molar-refractivity contribution is 5.91. The maximum atomic E-state index is 13.8. The van der Waals surface area contributed by atoms with Crippen LogP contribution in [0.1, 0.15) is 5.56 Å². The van der Waals surface area contributed by atoms with E-state index in [0.29, 0.717) is 16.6 Å². The molecule has 0 aliphatic heterocycles. The van der Waals surface area contributed by atoms with Crippen molar-refractivity contribution in [1.29, 1.82) is 0 Å². The molecule has 0 atom stereocenters. The Kier molecular flexibility index (Phi) is 4.10. The van der Waals surface area contributed by atoms with Crippen LogP contribution >= 0.6 is 0 Å². The maximum Gasteiger partial charge on any atom is 0.302 e. The molecule has 0 aliphatic rings. The molecule has 4 rings (SSSR count). The van der Waals surface area contributed by atoms with Gasteiger partial charge < -0.3 is 18.3 Å². The Morgan fingerprint density at radius 1 is 1.39 bits per heavy atom. The molecule has 3 heterocycles. The molecule has 9 nitrogen and oxygen atoms in total. The predicted molar refractivity (Wildman–Crippen MR) is 98.9 cm³/mol. The number of ether oxygens (including phenoxy) is 1. The number of amides is 1. The van der Waals surface area contributed by atoms with Crippen LogP contribution in [0.5, 0.6) is 5.75 Å². The number of methoxy groups -OCH3 is 1. The Hall–Kier alpha value is -3.69. The highest BCUT2D eigenvalue weighted by Crippen LogP contribution is 2.26. The Bertz CT molecular complexity index is 1290. The predicted octanol–water partition coefficient (Wildman–Crippen LogP) is 1.97. The third kappa shape index (κ3) is 2.88. The van der Waals surface area contributed by atoms with Gasteiger partial charge in [-0.25, -0.2) is 9.37 Å². The molecule has 0 saturated heterocycles. The number of hydrogen-bond acceptors (Lipinski definition) is 6. The van der Waals surface area contributed by atoms with E-state index in [9.17, 15) is 14.0 Å². The Morgan fingerprint density at radius 3 is 2.93 bits per heavy atom. The number of fused-ring (bicyclic) bond motifs is 2. The summed E-state index contributed by atoms with van der Waals surface area (Å²) in [6, 6.07) is 2.42. The smallest absolute Gasteiger partial charge is 0.302 e. The van der Waals surface area contributed by atoms with Crippen molar-refractivity contribution >= 4 is 34.1 Å². The fourth-order valence-corrected chi connectivity index (χ4v) is 3.05. The molecule has 144 valence electrons. The maximum absolute atomic E-state index is 13.8. The number of anilines is 1. The molecule has 0 bridgehead atoms. The highest BCUT2D eigenvalue weighted by atomic mass is 19.1. The molecule has 0 fully saturated rings. The van der Waals surface area contributed by atoms with Crippen molar-refractivity contribution in [2.24, 2.45) is 7.05 Å². The lowest BCUT2D eigenvalue weighted by Crippen LogP contribution is -2.23. The Balaban J connectivity index is 1.61. The molecule has 1 amide bonds. The average Bonchev–Trinajstić information content (AvgIpc) is 3.22. The number of hydrogen-bond donors (Lipinski definition) is 1. The lowest BCUT2D eigenvalue weighted by molar-refractivity contribution is -0.116. The van der Waals surface area contributed by atoms with Crippen molar-refractivity contribution in [3.8, 4) is 5.75 Å². The lowest BCUT2D eigenvalue weighted by atomic mass is 10.2. The van der Waals surface area contributed by atoms with E-state index in [4.69, 9.17) is 9.15 Å². The number of pyridine rings is 1. The van der Waals surface area contributed by atoms with Gasteiger partial charge in [0, 0.05) is 25.4 Å². The van der Waals surface area contributed by atoms with Crippen molar-refractivity contribution < 1.29 is 18.3 Å². The second kappa shape index (κ2) is 6.48. The number of benzene rings is 1. The van der Waals surface area contributed by atoms with Gasteiger partial charge in [-0.2, -0.15) is 4.98 Å². The van der Waals surface area contributed by atoms with Gasteiger partial charge in [0.05, 0.1) is 19.0 Å². The summed E-state index contributed by atoms with van der Waals surface area (Å²) in [6.07, 6.45) is 3.12. The summed E-state index contributed by atoms with van der Waals surface area (Å²) in [5.74, 6) is -1.04. The van der Waals surface area contributed by atoms with E-state index in [2.05, 4.69) is 15.3 Å². The molecule has 1 aromatic carbocycles. The zero-order chi connectivity index (χ0) is 20.0. The van der Waals surface area contributed by atoms with E-state index in [-0.39, 0.29) is 29.5 Å². The van der Waals surface area contributed by atoms with Crippen LogP contribution in [0, 0.1) is 12.7 Å². The average molecular weight is 385 g/mol. The molecule has 0 radical (unpaired) electrons. The van der Waals surface area contributed by atoms with Crippen molar-refractivity contribution in [2.75, 3.05) is 12.4 Å². The number of halogens is 1. The summed E-state index contributed by atoms with van der Waals surface area (Å²) in [4.78, 5) is 33.1. The van der Waals surface area contributed by atoms with Crippen molar-refractivity contribution in [3.63, 3.8) is 0 Å². The molecule has 0 saturated carbocycles. The largest absolute Gasteiger partial charge is 0.494 e. The first-order chi connectivity index (χ1) is 13.4. The SMILES string of the molecule is COc1cc2nc(NC(=O)Cn3cnc4c(C)cn(C)c(=O)c43)oc2cc1F. The van der Waals surface area contributed by atoms with E-state index in [1.54, 1.807) is 13.2 Å². The van der Waals surface area contributed by atoms with Crippen LogP contribution in [0.15, 0.2) is 33.9 Å². The number of aromatic nitrogens is 4. The zero-order valence-corrected chi connectivity index (χ0v) is 15.3. The fraction of sp³-hybridized carbons (Fsp3) is 0.222. The molecule has 4 aromatic rings. The zero-order valence-electron chi connectivity index (χ0n) is 15.3. The monoisotopic (exact) mass is 385 g/mol. The van der Waals surface area contributed by atoms with Gasteiger partial charge in [0.25, 0.3) is 5.56 Å². The molecule has 1 N–H and O–H groups in total. The Labute approximate surface area is 157 Å². The lowest BCUT2D eigenvalue weighted by Gasteiger charge is -2.05. The molecule has 0 unspecified atom stereocenters. The Morgan fingerprint density at radius 2 is 2.18 bits per heavy atom. The molecule has 0 aliphatic carbocycles. The van der Waals surface area contributed by atoms with E-state index in [1.165, 1.54) is 28.6 Å². The summed E-state index contributed by atoms with van der Waals surface area (Å²) in [5.41, 5.74) is 1.96. The van der Waals surface area contributed by atoms with Gasteiger partial charge in [-0.05, 0) is 12.5 Å². The number of nitrogens with zero attached hydrogens (tertiary/aromatic N) is 4. The van der Waals surface area contributed by atoms with Crippen LogP contribution in [0.2, 0.25) is 0 Å². The summed E-state index contributed by atoms with van der Waals surface area (Å²) in [7, 11) is 2.98. The first-order valence-electron chi connectivity index (χ1n) is 8.32. The minimum Gasteiger partial charge on any atom is -0.494 e. The van der Waals surface area contributed by atoms with Gasteiger partial charge in [0.15, 0.2) is 17.1 Å². The summed E-state index contributed by atoms with van der Waals surface area (Å²) >= 11 is 0. The molecule has 3 aromatic heterocycles. The normalized spacial score (nSPS) is 11.3. The third-order valence-electron chi connectivity index (χ3n) is 4.34. The first-order valence-corrected chi connectivity index (χ1v) is 8.32. The van der Waals surface area contributed by atoms with Gasteiger partial charge >= 0.3 is 6.01 Å². The van der Waals surface area contributed by atoms with E-state index < -0.39 is 11.7 Å². The molecule has 0 spiro atoms. The second-order valence-electron chi connectivity index (χ2n) is 6.32. The van der Waals surface area contributed by atoms with E-state index in [0.717, 1.165) is 11.6 Å². The second-order valence-corrected chi connectivity index (χ2v) is 6.32. The summed E-state index contributed by atoms with van der Waals surface area (Å²) in [5, 5.41) is 2.50. The van der Waals surface area contributed by atoms with E-state index >= 15 is 0 Å². The van der Waals surface area contributed by atoms with Crippen molar-refractivity contribution in [2.45, 2.75) is 13.5 Å². The number of carbonyl (C=O) groups excluding carboxylic acids is 1. The van der Waals surface area contributed by atoms with Crippen LogP contribution < -0.4 is 15.6 Å². The standard InChI is InChI=1S/C18H16FN5O4/c1-9-6-23(2)17(26)16-15(9)20-8-24(16)7-14(25)22-18-21-11-5-12(27-3)10(19)4-13(11)28-18/h4-6,8H,7H2,1-3H3,(H,21,22,25). The highest BCUT2D eigenvalue weighted by Gasteiger charge is 2.16. The first kappa shape index (κ1) is 17.7. The molecular formula is C18H16FN5O4. The quantitative estimate of drug-likeness (QED) is 0.576. The number of oxazole rings is 1. The molecule has 10 heteroatoms. The van der Waals surface area contributed by atoms with Gasteiger partial charge in [-0.15, -0.1) is 0 Å².